The van der Waals surface area contributed by atoms with Crippen molar-refractivity contribution >= 4 is 77.7 Å². The molecule has 0 radical (unpaired) electrons. The minimum Gasteiger partial charge on any atom is -0.380 e. The van der Waals surface area contributed by atoms with Gasteiger partial charge in [-0.3, -0.25) is 9.69 Å². The Morgan fingerprint density at radius 3 is 2.21 bits per heavy atom. The van der Waals surface area contributed by atoms with E-state index in [1.807, 2.05) is 47.2 Å². The van der Waals surface area contributed by atoms with Crippen molar-refractivity contribution in [1.29, 1.82) is 0 Å². The van der Waals surface area contributed by atoms with E-state index in [9.17, 15) is 30.4 Å². The lowest BCUT2D eigenvalue weighted by molar-refractivity contribution is 0.0981. The third kappa shape index (κ3) is 12.7. The van der Waals surface area contributed by atoms with Crippen LogP contribution in [0.25, 0.3) is 5.57 Å². The molecule has 0 saturated carbocycles. The quantitative estimate of drug-likeness (QED) is 0.0476. The predicted molar refractivity (Wildman–Crippen MR) is 248 cm³/mol. The van der Waals surface area contributed by atoms with Gasteiger partial charge >= 0.3 is 4.71 Å². The Hall–Kier alpha value is -3.70. The van der Waals surface area contributed by atoms with Crippen LogP contribution in [0.4, 0.5) is 20.2 Å². The standard InChI is InChI=1S/C45H53Cl2F2N5O5S3/c1-32(2)29-50-23-22-37(31-60-39-9-4-3-5-10-39)51-42-21-20-40(28-43(42)61(56,57)45(47,48)49)62(58,59)52-44(55)34-14-18-38(19-15-34)54-26-24-53(25-27-54)30-35-8-6-7-11-41(35)33-12-16-36(46)17-13-33/h3-5,9-10,12-21,28,32,37,50-51H,6-8,11,22-27,29-31H2,1-2H3,(H,52,55)/t37-/m1/s1. The fraction of sp³-hybridized carbons (Fsp3) is 0.400. The largest absolute Gasteiger partial charge is 0.427 e. The molecule has 1 fully saturated rings. The fourth-order valence-electron chi connectivity index (χ4n) is 7.57. The third-order valence-electron chi connectivity index (χ3n) is 10.9. The minimum absolute atomic E-state index is 0.0400. The molecule has 1 heterocycles. The first kappa shape index (κ1) is 47.8. The average molecular weight is 949 g/mol. The van der Waals surface area contributed by atoms with Crippen LogP contribution in [-0.2, 0) is 19.9 Å². The van der Waals surface area contributed by atoms with Gasteiger partial charge in [-0.15, -0.1) is 11.8 Å². The van der Waals surface area contributed by atoms with Crippen molar-refractivity contribution in [2.24, 2.45) is 5.92 Å². The van der Waals surface area contributed by atoms with E-state index < -0.39 is 46.3 Å². The number of halogens is 4. The van der Waals surface area contributed by atoms with E-state index in [4.69, 9.17) is 23.2 Å². The maximum atomic E-state index is 14.5. The van der Waals surface area contributed by atoms with Crippen molar-refractivity contribution < 1.29 is 30.4 Å². The number of carbonyl (C=O) groups is 1. The molecule has 17 heteroatoms. The summed E-state index contributed by atoms with van der Waals surface area (Å²) in [6.45, 7) is 9.54. The van der Waals surface area contributed by atoms with Gasteiger partial charge in [0.2, 0.25) is 0 Å². The Morgan fingerprint density at radius 2 is 1.55 bits per heavy atom. The van der Waals surface area contributed by atoms with E-state index in [1.54, 1.807) is 12.1 Å². The maximum absolute atomic E-state index is 14.5. The molecule has 334 valence electrons. The zero-order valence-corrected chi connectivity index (χ0v) is 38.7. The summed E-state index contributed by atoms with van der Waals surface area (Å²) in [6.07, 6.45) is 4.98. The van der Waals surface area contributed by atoms with Gasteiger partial charge in [-0.25, -0.2) is 21.6 Å². The SMILES string of the molecule is CC(C)CNCC[C@H](CSc1ccccc1)Nc1ccc(S(=O)(=O)NC(=O)c2ccc(N3CCN(CC4=C(c5ccc(Cl)cc5)CCCC4)CC3)cc2)cc1S(=O)(=O)C(F)(F)Cl. The number of alkyl halides is 3. The summed E-state index contributed by atoms with van der Waals surface area (Å²) >= 11 is 12.8. The minimum atomic E-state index is -5.61. The summed E-state index contributed by atoms with van der Waals surface area (Å²) < 4.78 is 79.8. The number of nitrogens with one attached hydrogen (secondary N) is 3. The van der Waals surface area contributed by atoms with Crippen molar-refractivity contribution in [1.82, 2.24) is 14.9 Å². The Kier molecular flexibility index (Phi) is 16.4. The number of anilines is 2. The second-order valence-corrected chi connectivity index (χ2v) is 21.9. The van der Waals surface area contributed by atoms with Crippen LogP contribution in [0, 0.1) is 5.92 Å². The number of allylic oxidation sites excluding steroid dienone is 1. The van der Waals surface area contributed by atoms with Gasteiger partial charge in [-0.1, -0.05) is 61.4 Å². The normalized spacial score (nSPS) is 16.1. The number of sulfonamides is 1. The van der Waals surface area contributed by atoms with Gasteiger partial charge < -0.3 is 15.5 Å². The Balaban J connectivity index is 1.12. The van der Waals surface area contributed by atoms with Gasteiger partial charge in [-0.2, -0.15) is 8.78 Å². The molecule has 10 nitrogen and oxygen atoms in total. The van der Waals surface area contributed by atoms with Gasteiger partial charge in [-0.05, 0) is 141 Å². The lowest BCUT2D eigenvalue weighted by Crippen LogP contribution is -2.47. The van der Waals surface area contributed by atoms with Crippen molar-refractivity contribution in [2.45, 2.75) is 71.4 Å². The first-order chi connectivity index (χ1) is 29.5. The summed E-state index contributed by atoms with van der Waals surface area (Å²) in [6, 6.07) is 26.4. The number of thioether (sulfide) groups is 1. The Morgan fingerprint density at radius 1 is 0.871 bits per heavy atom. The average Bonchev–Trinajstić information content (AvgIpc) is 3.25. The van der Waals surface area contributed by atoms with E-state index in [0.29, 0.717) is 30.7 Å². The van der Waals surface area contributed by atoms with Gasteiger partial charge in [0.25, 0.3) is 25.8 Å². The van der Waals surface area contributed by atoms with E-state index in [1.165, 1.54) is 53.4 Å². The smallest absolute Gasteiger partial charge is 0.380 e. The molecule has 1 aliphatic heterocycles. The number of nitrogens with zero attached hydrogens (tertiary/aromatic N) is 2. The van der Waals surface area contributed by atoms with Crippen LogP contribution in [0.3, 0.4) is 0 Å². The van der Waals surface area contributed by atoms with Crippen LogP contribution in [0.2, 0.25) is 5.02 Å². The van der Waals surface area contributed by atoms with Crippen LogP contribution in [0.15, 0.2) is 117 Å². The number of hydrogen-bond donors (Lipinski definition) is 3. The second kappa shape index (κ2) is 21.3. The van der Waals surface area contributed by atoms with Gasteiger partial charge in [0.15, 0.2) is 0 Å². The van der Waals surface area contributed by atoms with Crippen LogP contribution >= 0.6 is 35.0 Å². The molecule has 62 heavy (non-hydrogen) atoms. The summed E-state index contributed by atoms with van der Waals surface area (Å²) in [5, 5.41) is 7.12. The molecule has 6 rings (SSSR count). The van der Waals surface area contributed by atoms with E-state index in [-0.39, 0.29) is 11.3 Å². The van der Waals surface area contributed by atoms with Gasteiger partial charge in [0, 0.05) is 65.7 Å². The number of rotatable bonds is 19. The molecule has 2 aliphatic rings. The van der Waals surface area contributed by atoms with E-state index in [0.717, 1.165) is 79.8 Å². The molecule has 4 aromatic carbocycles. The number of benzene rings is 4. The molecular weight excluding hydrogens is 896 g/mol. The molecule has 0 unspecified atom stereocenters. The molecule has 0 spiro atoms. The van der Waals surface area contributed by atoms with E-state index in [2.05, 4.69) is 46.4 Å². The highest BCUT2D eigenvalue weighted by molar-refractivity contribution is 7.99. The Labute approximate surface area is 378 Å². The molecule has 1 amide bonds. The summed E-state index contributed by atoms with van der Waals surface area (Å²) in [4.78, 5) is 17.2. The molecule has 1 atom stereocenters. The number of amides is 1. The highest BCUT2D eigenvalue weighted by atomic mass is 35.5. The summed E-state index contributed by atoms with van der Waals surface area (Å²) in [5.74, 6) is -0.157. The second-order valence-electron chi connectivity index (χ2n) is 16.0. The van der Waals surface area contributed by atoms with Crippen LogP contribution < -0.4 is 20.3 Å². The first-order valence-corrected chi connectivity index (χ1v) is 25.4. The fourth-order valence-corrected chi connectivity index (χ4v) is 11.0. The Bertz CT molecular complexity index is 2390. The first-order valence-electron chi connectivity index (χ1n) is 20.7. The lowest BCUT2D eigenvalue weighted by atomic mass is 9.87. The van der Waals surface area contributed by atoms with Gasteiger partial charge in [0.1, 0.15) is 0 Å². The highest BCUT2D eigenvalue weighted by Crippen LogP contribution is 2.38. The molecule has 1 saturated heterocycles. The molecular formula is C45H53Cl2F2N5O5S3. The number of carbonyl (C=O) groups excluding carboxylic acids is 1. The number of sulfone groups is 1. The van der Waals surface area contributed by atoms with Crippen molar-refractivity contribution in [3.8, 4) is 0 Å². The molecule has 4 aromatic rings. The van der Waals surface area contributed by atoms with E-state index >= 15 is 0 Å². The monoisotopic (exact) mass is 947 g/mol. The third-order valence-corrected chi connectivity index (χ3v) is 15.8. The highest BCUT2D eigenvalue weighted by Gasteiger charge is 2.46. The zero-order chi connectivity index (χ0) is 44.5. The zero-order valence-electron chi connectivity index (χ0n) is 34.8. The topological polar surface area (TPSA) is 128 Å². The molecule has 1 aliphatic carbocycles. The van der Waals surface area contributed by atoms with Crippen LogP contribution in [0.5, 0.6) is 0 Å². The van der Waals surface area contributed by atoms with Gasteiger partial charge in [0.05, 0.1) is 15.5 Å². The van der Waals surface area contributed by atoms with Crippen LogP contribution in [0.1, 0.15) is 61.9 Å². The van der Waals surface area contributed by atoms with Crippen molar-refractivity contribution in [2.75, 3.05) is 61.8 Å². The summed E-state index contributed by atoms with van der Waals surface area (Å²) in [5.41, 5.74) is 4.79. The van der Waals surface area contributed by atoms with Crippen molar-refractivity contribution in [3.63, 3.8) is 0 Å². The predicted octanol–water partition coefficient (Wildman–Crippen LogP) is 9.38. The maximum Gasteiger partial charge on any atom is 0.427 e. The lowest BCUT2D eigenvalue weighted by Gasteiger charge is -2.37. The molecule has 0 aromatic heterocycles. The number of piperazine rings is 1. The molecule has 3 N–H and O–H groups in total. The number of hydrogen-bond acceptors (Lipinski definition) is 10. The van der Waals surface area contributed by atoms with Crippen molar-refractivity contribution in [3.05, 3.63) is 119 Å². The molecule has 0 bridgehead atoms. The van der Waals surface area contributed by atoms with Crippen LogP contribution in [-0.4, -0.2) is 90.0 Å². The summed E-state index contributed by atoms with van der Waals surface area (Å²) in [7, 11) is -10.4.